The van der Waals surface area contributed by atoms with Crippen LogP contribution in [0.1, 0.15) is 361 Å². The summed E-state index contributed by atoms with van der Waals surface area (Å²) in [6.07, 6.45) is 81.9. The molecule has 444 valence electrons. The smallest absolute Gasteiger partial charge is 0.306 e. The van der Waals surface area contributed by atoms with Gasteiger partial charge in [-0.05, 0) is 57.8 Å². The number of carbonyl (C=O) groups excluding carboxylic acids is 3. The summed E-state index contributed by atoms with van der Waals surface area (Å²) >= 11 is 0. The molecule has 0 amide bonds. The lowest BCUT2D eigenvalue weighted by molar-refractivity contribution is -0.167. The van der Waals surface area contributed by atoms with Gasteiger partial charge in [-0.1, -0.05) is 333 Å². The van der Waals surface area contributed by atoms with Gasteiger partial charge < -0.3 is 14.2 Å². The standard InChI is InChI=1S/C70H128O6/c1-4-7-10-13-16-18-20-22-24-26-27-28-29-30-31-32-33-34-35-36-37-38-39-40-41-42-44-45-47-49-51-54-57-60-63-69(72)75-66-67(65-74-68(71)62-59-56-53-15-12-9-6-3)76-70(73)64-61-58-55-52-50-48-46-43-25-23-21-19-17-14-11-8-5-2/h8,11,17,19,23,25,46,48,67H,4-7,9-10,12-16,18,20-22,24,26-45,47,49-66H2,1-3H3/b11-8-,19-17-,25-23-,48-46-. The van der Waals surface area contributed by atoms with Crippen LogP contribution in [0.3, 0.4) is 0 Å². The van der Waals surface area contributed by atoms with Crippen LogP contribution < -0.4 is 0 Å². The van der Waals surface area contributed by atoms with E-state index in [1.165, 1.54) is 225 Å². The van der Waals surface area contributed by atoms with Crippen molar-refractivity contribution in [2.75, 3.05) is 13.2 Å². The highest BCUT2D eigenvalue weighted by molar-refractivity contribution is 5.71. The predicted octanol–water partition coefficient (Wildman–Crippen LogP) is 22.9. The molecule has 6 heteroatoms. The fraction of sp³-hybridized carbons (Fsp3) is 0.843. The number of unbranched alkanes of at least 4 members (excludes halogenated alkanes) is 43. The Morgan fingerprint density at radius 3 is 0.803 bits per heavy atom. The van der Waals surface area contributed by atoms with Crippen molar-refractivity contribution in [2.45, 2.75) is 367 Å². The van der Waals surface area contributed by atoms with E-state index in [4.69, 9.17) is 14.2 Å². The lowest BCUT2D eigenvalue weighted by Gasteiger charge is -2.18. The zero-order chi connectivity index (χ0) is 55.0. The van der Waals surface area contributed by atoms with Crippen LogP contribution in [-0.4, -0.2) is 37.2 Å². The van der Waals surface area contributed by atoms with Crippen LogP contribution in [-0.2, 0) is 28.6 Å². The normalized spacial score (nSPS) is 12.3. The highest BCUT2D eigenvalue weighted by atomic mass is 16.6. The largest absolute Gasteiger partial charge is 0.462 e. The summed E-state index contributed by atoms with van der Waals surface area (Å²) in [5.41, 5.74) is 0. The number of hydrogen-bond donors (Lipinski definition) is 0. The highest BCUT2D eigenvalue weighted by Gasteiger charge is 2.19. The van der Waals surface area contributed by atoms with Gasteiger partial charge in [0.25, 0.3) is 0 Å². The second-order valence-corrected chi connectivity index (χ2v) is 22.7. The molecule has 0 rings (SSSR count). The second-order valence-electron chi connectivity index (χ2n) is 22.7. The van der Waals surface area contributed by atoms with Gasteiger partial charge in [0.2, 0.25) is 0 Å². The quantitative estimate of drug-likeness (QED) is 0.0261. The Hall–Kier alpha value is -2.63. The summed E-state index contributed by atoms with van der Waals surface area (Å²) in [4.78, 5) is 38.0. The van der Waals surface area contributed by atoms with E-state index in [1.807, 2.05) is 0 Å². The molecule has 0 aromatic carbocycles. The van der Waals surface area contributed by atoms with Crippen LogP contribution in [0.2, 0.25) is 0 Å². The lowest BCUT2D eigenvalue weighted by atomic mass is 10.0. The molecule has 0 aliphatic carbocycles. The monoisotopic (exact) mass is 1060 g/mol. The van der Waals surface area contributed by atoms with E-state index in [0.29, 0.717) is 19.3 Å². The zero-order valence-corrected chi connectivity index (χ0v) is 51.0. The molecule has 6 nitrogen and oxygen atoms in total. The van der Waals surface area contributed by atoms with Crippen molar-refractivity contribution in [3.8, 4) is 0 Å². The van der Waals surface area contributed by atoms with Gasteiger partial charge in [0.05, 0.1) is 0 Å². The Morgan fingerprint density at radius 1 is 0.276 bits per heavy atom. The first kappa shape index (κ1) is 73.4. The van der Waals surface area contributed by atoms with E-state index in [1.54, 1.807) is 0 Å². The van der Waals surface area contributed by atoms with Crippen LogP contribution in [0, 0.1) is 0 Å². The second kappa shape index (κ2) is 64.9. The van der Waals surface area contributed by atoms with Crippen molar-refractivity contribution in [2.24, 2.45) is 0 Å². The maximum atomic E-state index is 12.8. The van der Waals surface area contributed by atoms with Crippen molar-refractivity contribution in [1.82, 2.24) is 0 Å². The van der Waals surface area contributed by atoms with Gasteiger partial charge in [-0.2, -0.15) is 0 Å². The molecule has 0 radical (unpaired) electrons. The molecule has 1 unspecified atom stereocenters. The van der Waals surface area contributed by atoms with Gasteiger partial charge in [0, 0.05) is 19.3 Å². The summed E-state index contributed by atoms with van der Waals surface area (Å²) in [6, 6.07) is 0. The Kier molecular flexibility index (Phi) is 62.6. The predicted molar refractivity (Wildman–Crippen MR) is 330 cm³/mol. The SMILES string of the molecule is CC/C=C\C/C=C\C/C=C\C/C=C\CCCCCCC(=O)OC(COC(=O)CCCCCCCCC)COC(=O)CCCCCCCCCCCCCCCCCCCCCCCCCCCCCCCCCCCC. The third-order valence-corrected chi connectivity index (χ3v) is 15.1. The fourth-order valence-corrected chi connectivity index (χ4v) is 10.1. The minimum absolute atomic E-state index is 0.0795. The Balaban J connectivity index is 3.95. The van der Waals surface area contributed by atoms with Crippen molar-refractivity contribution in [1.29, 1.82) is 0 Å². The van der Waals surface area contributed by atoms with Crippen molar-refractivity contribution in [3.05, 3.63) is 48.6 Å². The minimum atomic E-state index is -0.782. The zero-order valence-electron chi connectivity index (χ0n) is 51.0. The fourth-order valence-electron chi connectivity index (χ4n) is 10.1. The molecule has 1 atom stereocenters. The van der Waals surface area contributed by atoms with Crippen LogP contribution >= 0.6 is 0 Å². The van der Waals surface area contributed by atoms with Gasteiger partial charge in [0.15, 0.2) is 6.10 Å². The Bertz CT molecular complexity index is 1310. The number of allylic oxidation sites excluding steroid dienone is 8. The van der Waals surface area contributed by atoms with Crippen LogP contribution in [0.4, 0.5) is 0 Å². The van der Waals surface area contributed by atoms with E-state index in [2.05, 4.69) is 69.4 Å². The van der Waals surface area contributed by atoms with Crippen molar-refractivity contribution < 1.29 is 28.6 Å². The number of carbonyl (C=O) groups is 3. The number of rotatable bonds is 62. The third kappa shape index (κ3) is 62.2. The maximum absolute atomic E-state index is 12.8. The summed E-state index contributed by atoms with van der Waals surface area (Å²) in [7, 11) is 0. The van der Waals surface area contributed by atoms with E-state index in [9.17, 15) is 14.4 Å². The number of esters is 3. The van der Waals surface area contributed by atoms with Crippen molar-refractivity contribution >= 4 is 17.9 Å². The van der Waals surface area contributed by atoms with Crippen LogP contribution in [0.5, 0.6) is 0 Å². The van der Waals surface area contributed by atoms with Gasteiger partial charge >= 0.3 is 17.9 Å². The molecule has 0 fully saturated rings. The summed E-state index contributed by atoms with van der Waals surface area (Å²) in [5.74, 6) is -0.893. The molecule has 76 heavy (non-hydrogen) atoms. The first-order chi connectivity index (χ1) is 37.5. The first-order valence-corrected chi connectivity index (χ1v) is 33.6. The average Bonchev–Trinajstić information content (AvgIpc) is 3.42. The van der Waals surface area contributed by atoms with Crippen LogP contribution in [0.25, 0.3) is 0 Å². The van der Waals surface area contributed by atoms with E-state index >= 15 is 0 Å². The summed E-state index contributed by atoms with van der Waals surface area (Å²) in [5, 5.41) is 0. The maximum Gasteiger partial charge on any atom is 0.306 e. The number of hydrogen-bond acceptors (Lipinski definition) is 6. The lowest BCUT2D eigenvalue weighted by Crippen LogP contribution is -2.30. The molecule has 0 aliphatic rings. The molecule has 0 N–H and O–H groups in total. The molecule has 0 aromatic rings. The van der Waals surface area contributed by atoms with E-state index in [0.717, 1.165) is 96.3 Å². The van der Waals surface area contributed by atoms with Gasteiger partial charge in [-0.3, -0.25) is 14.4 Å². The number of ether oxygens (including phenoxy) is 3. The van der Waals surface area contributed by atoms with Crippen LogP contribution in [0.15, 0.2) is 48.6 Å². The van der Waals surface area contributed by atoms with E-state index in [-0.39, 0.29) is 31.1 Å². The molecular weight excluding hydrogens is 937 g/mol. The van der Waals surface area contributed by atoms with Gasteiger partial charge in [0.1, 0.15) is 13.2 Å². The average molecular weight is 1070 g/mol. The molecular formula is C70H128O6. The molecule has 0 aliphatic heterocycles. The Morgan fingerprint density at radius 2 is 0.513 bits per heavy atom. The topological polar surface area (TPSA) is 78.9 Å². The minimum Gasteiger partial charge on any atom is -0.462 e. The molecule has 0 spiro atoms. The first-order valence-electron chi connectivity index (χ1n) is 33.6. The molecule has 0 saturated carbocycles. The van der Waals surface area contributed by atoms with Crippen molar-refractivity contribution in [3.63, 3.8) is 0 Å². The van der Waals surface area contributed by atoms with Gasteiger partial charge in [-0.15, -0.1) is 0 Å². The summed E-state index contributed by atoms with van der Waals surface area (Å²) in [6.45, 7) is 6.51. The van der Waals surface area contributed by atoms with E-state index < -0.39 is 6.10 Å². The molecule has 0 heterocycles. The van der Waals surface area contributed by atoms with Gasteiger partial charge in [-0.25, -0.2) is 0 Å². The Labute approximate surface area is 473 Å². The highest BCUT2D eigenvalue weighted by Crippen LogP contribution is 2.18. The molecule has 0 aromatic heterocycles. The third-order valence-electron chi connectivity index (χ3n) is 15.1. The molecule has 0 saturated heterocycles. The summed E-state index contributed by atoms with van der Waals surface area (Å²) < 4.78 is 16.8. The molecule has 0 bridgehead atoms.